The van der Waals surface area contributed by atoms with Gasteiger partial charge in [0.05, 0.1) is 16.5 Å². The van der Waals surface area contributed by atoms with Crippen LogP contribution in [-0.2, 0) is 0 Å². The highest BCUT2D eigenvalue weighted by atomic mass is 19.1. The fourth-order valence-corrected chi connectivity index (χ4v) is 4.76. The van der Waals surface area contributed by atoms with E-state index in [1.165, 1.54) is 37.6 Å². The second kappa shape index (κ2) is 5.18. The van der Waals surface area contributed by atoms with Crippen LogP contribution in [0.15, 0.2) is 24.4 Å². The molecule has 4 N–H and O–H groups in total. The lowest BCUT2D eigenvalue weighted by atomic mass is 9.95. The molecule has 2 heterocycles. The van der Waals surface area contributed by atoms with Crippen molar-refractivity contribution in [3.05, 3.63) is 35.8 Å². The van der Waals surface area contributed by atoms with Crippen LogP contribution in [-0.4, -0.2) is 21.9 Å². The molecule has 0 saturated heterocycles. The molecule has 6 heteroatoms. The highest BCUT2D eigenvalue weighted by Gasteiger charge is 2.39. The first kappa shape index (κ1) is 14.7. The quantitative estimate of drug-likeness (QED) is 0.683. The summed E-state index contributed by atoms with van der Waals surface area (Å²) in [6.07, 6.45) is 6.52. The van der Waals surface area contributed by atoms with E-state index in [2.05, 4.69) is 15.3 Å². The van der Waals surface area contributed by atoms with Crippen LogP contribution in [0.5, 0.6) is 0 Å². The second-order valence-corrected chi connectivity index (χ2v) is 7.38. The normalized spacial score (nSPS) is 25.1. The molecule has 2 aromatic heterocycles. The molecular weight excluding hydrogens is 319 g/mol. The minimum atomic E-state index is -0.545. The van der Waals surface area contributed by atoms with E-state index in [1.807, 2.05) is 0 Å². The van der Waals surface area contributed by atoms with Crippen LogP contribution in [0.2, 0.25) is 0 Å². The number of H-pyrrole nitrogens is 1. The summed E-state index contributed by atoms with van der Waals surface area (Å²) in [5.74, 6) is 1.33. The fourth-order valence-electron chi connectivity index (χ4n) is 4.76. The lowest BCUT2D eigenvalue weighted by Gasteiger charge is -2.24. The number of primary amides is 1. The van der Waals surface area contributed by atoms with Gasteiger partial charge >= 0.3 is 0 Å². The van der Waals surface area contributed by atoms with Crippen molar-refractivity contribution in [1.29, 1.82) is 0 Å². The van der Waals surface area contributed by atoms with Crippen LogP contribution in [0, 0.1) is 17.7 Å². The number of pyridine rings is 1. The van der Waals surface area contributed by atoms with Crippen molar-refractivity contribution in [2.75, 3.05) is 5.32 Å². The Morgan fingerprint density at radius 2 is 2.20 bits per heavy atom. The van der Waals surface area contributed by atoms with Crippen molar-refractivity contribution in [2.45, 2.75) is 31.7 Å². The predicted octanol–water partition coefficient (Wildman–Crippen LogP) is 3.55. The number of rotatable bonds is 3. The molecule has 25 heavy (non-hydrogen) atoms. The summed E-state index contributed by atoms with van der Waals surface area (Å²) >= 11 is 0. The van der Waals surface area contributed by atoms with Crippen LogP contribution in [0.25, 0.3) is 21.8 Å². The second-order valence-electron chi connectivity index (χ2n) is 7.38. The maximum absolute atomic E-state index is 13.8. The molecule has 0 radical (unpaired) electrons. The molecule has 0 spiro atoms. The Hall–Kier alpha value is -2.63. The number of nitrogens with two attached hydrogens (primary N) is 1. The maximum Gasteiger partial charge on any atom is 0.252 e. The zero-order chi connectivity index (χ0) is 17.1. The van der Waals surface area contributed by atoms with E-state index in [-0.39, 0.29) is 5.82 Å². The minimum Gasteiger partial charge on any atom is -0.366 e. The van der Waals surface area contributed by atoms with Crippen molar-refractivity contribution in [3.63, 3.8) is 0 Å². The van der Waals surface area contributed by atoms with E-state index in [0.717, 1.165) is 28.6 Å². The number of anilines is 1. The Morgan fingerprint density at radius 1 is 1.32 bits per heavy atom. The van der Waals surface area contributed by atoms with E-state index in [4.69, 9.17) is 5.73 Å². The van der Waals surface area contributed by atoms with E-state index in [1.54, 1.807) is 6.07 Å². The van der Waals surface area contributed by atoms with E-state index >= 15 is 0 Å². The highest BCUT2D eigenvalue weighted by Crippen LogP contribution is 2.46. The molecule has 128 valence electrons. The molecule has 5 rings (SSSR count). The third-order valence-electron chi connectivity index (χ3n) is 5.92. The summed E-state index contributed by atoms with van der Waals surface area (Å²) in [5, 5.41) is 5.04. The molecule has 2 bridgehead atoms. The summed E-state index contributed by atoms with van der Waals surface area (Å²) in [7, 11) is 0. The van der Waals surface area contributed by atoms with E-state index < -0.39 is 5.91 Å². The van der Waals surface area contributed by atoms with Crippen LogP contribution in [0.3, 0.4) is 0 Å². The average Bonchev–Trinajstić information content (AvgIpc) is 3.28. The zero-order valence-corrected chi connectivity index (χ0v) is 13.7. The van der Waals surface area contributed by atoms with Gasteiger partial charge in [-0.3, -0.25) is 4.79 Å². The molecule has 2 saturated carbocycles. The lowest BCUT2D eigenvalue weighted by Crippen LogP contribution is -2.26. The van der Waals surface area contributed by atoms with Gasteiger partial charge in [-0.05, 0) is 49.3 Å². The molecular formula is C19H19FN4O. The SMILES string of the molecule is NC(=O)c1cnc(NC2CC3CCC2C3)c2c1[nH]c1ccc(F)cc12. The first-order valence-corrected chi connectivity index (χ1v) is 8.76. The van der Waals surface area contributed by atoms with Gasteiger partial charge in [0.2, 0.25) is 0 Å². The van der Waals surface area contributed by atoms with Crippen molar-refractivity contribution in [2.24, 2.45) is 17.6 Å². The summed E-state index contributed by atoms with van der Waals surface area (Å²) in [6, 6.07) is 4.95. The van der Waals surface area contributed by atoms with Gasteiger partial charge in [0.15, 0.2) is 0 Å². The molecule has 5 nitrogen and oxygen atoms in total. The standard InChI is InChI=1S/C19H19FN4O/c20-11-3-4-14-12(7-11)16-17(23-14)13(18(21)25)8-22-19(16)24-15-6-9-1-2-10(15)5-9/h3-4,7-10,15,23H,1-2,5-6H2,(H2,21,25)(H,22,24). The van der Waals surface area contributed by atoms with E-state index in [0.29, 0.717) is 28.9 Å². The fraction of sp³-hybridized carbons (Fsp3) is 0.368. The summed E-state index contributed by atoms with van der Waals surface area (Å²) < 4.78 is 13.8. The Labute approximate surface area is 143 Å². The van der Waals surface area contributed by atoms with Crippen LogP contribution in [0.1, 0.15) is 36.0 Å². The third-order valence-corrected chi connectivity index (χ3v) is 5.92. The maximum atomic E-state index is 13.8. The average molecular weight is 338 g/mol. The molecule has 3 unspecified atom stereocenters. The van der Waals surface area contributed by atoms with Crippen molar-refractivity contribution in [3.8, 4) is 0 Å². The number of nitrogens with one attached hydrogen (secondary N) is 2. The number of nitrogens with zero attached hydrogens (tertiary/aromatic N) is 1. The van der Waals surface area contributed by atoms with Gasteiger partial charge in [-0.15, -0.1) is 0 Å². The number of carbonyl (C=O) groups is 1. The molecule has 2 fully saturated rings. The third kappa shape index (κ3) is 2.20. The summed E-state index contributed by atoms with van der Waals surface area (Å²) in [4.78, 5) is 19.5. The molecule has 2 aliphatic rings. The van der Waals surface area contributed by atoms with Crippen molar-refractivity contribution in [1.82, 2.24) is 9.97 Å². The van der Waals surface area contributed by atoms with Crippen LogP contribution in [0.4, 0.5) is 10.2 Å². The van der Waals surface area contributed by atoms with Crippen molar-refractivity contribution < 1.29 is 9.18 Å². The molecule has 2 aliphatic carbocycles. The summed E-state index contributed by atoms with van der Waals surface area (Å²) in [5.41, 5.74) is 7.21. The molecule has 1 aromatic carbocycles. The van der Waals surface area contributed by atoms with Gasteiger partial charge in [-0.1, -0.05) is 6.42 Å². The van der Waals surface area contributed by atoms with Crippen LogP contribution < -0.4 is 11.1 Å². The number of fused-ring (bicyclic) bond motifs is 5. The van der Waals surface area contributed by atoms with Crippen molar-refractivity contribution >= 4 is 33.5 Å². The van der Waals surface area contributed by atoms with E-state index in [9.17, 15) is 9.18 Å². The van der Waals surface area contributed by atoms with Gasteiger partial charge in [0.1, 0.15) is 11.6 Å². The first-order chi connectivity index (χ1) is 12.1. The smallest absolute Gasteiger partial charge is 0.252 e. The topological polar surface area (TPSA) is 83.8 Å². The molecule has 1 amide bonds. The molecule has 3 atom stereocenters. The Kier molecular flexibility index (Phi) is 3.04. The zero-order valence-electron chi connectivity index (χ0n) is 13.7. The van der Waals surface area contributed by atoms with Gasteiger partial charge in [-0.2, -0.15) is 0 Å². The Balaban J connectivity index is 1.70. The highest BCUT2D eigenvalue weighted by molar-refractivity contribution is 6.18. The van der Waals surface area contributed by atoms with Gasteiger partial charge in [-0.25, -0.2) is 9.37 Å². The molecule has 3 aromatic rings. The first-order valence-electron chi connectivity index (χ1n) is 8.76. The van der Waals surface area contributed by atoms with Crippen LogP contribution >= 0.6 is 0 Å². The predicted molar refractivity (Wildman–Crippen MR) is 94.9 cm³/mol. The lowest BCUT2D eigenvalue weighted by molar-refractivity contribution is 0.100. The Morgan fingerprint density at radius 3 is 2.92 bits per heavy atom. The molecule has 0 aliphatic heterocycles. The minimum absolute atomic E-state index is 0.316. The van der Waals surface area contributed by atoms with Gasteiger partial charge in [0.25, 0.3) is 5.91 Å². The number of aromatic nitrogens is 2. The van der Waals surface area contributed by atoms with Gasteiger partial charge < -0.3 is 16.0 Å². The Bertz CT molecular complexity index is 1010. The number of hydrogen-bond acceptors (Lipinski definition) is 3. The number of benzene rings is 1. The number of amides is 1. The number of halogens is 1. The monoisotopic (exact) mass is 338 g/mol. The number of aromatic amines is 1. The number of carbonyl (C=O) groups excluding carboxylic acids is 1. The van der Waals surface area contributed by atoms with Gasteiger partial charge in [0, 0.05) is 23.1 Å². The largest absolute Gasteiger partial charge is 0.366 e. The summed E-state index contributed by atoms with van der Waals surface area (Å²) in [6.45, 7) is 0. The number of hydrogen-bond donors (Lipinski definition) is 3.